The third-order valence-electron chi connectivity index (χ3n) is 5.19. The number of carbonyl (C=O) groups excluding carboxylic acids is 1. The number of amides is 1. The average molecular weight is 410 g/mol. The van der Waals surface area contributed by atoms with E-state index in [9.17, 15) is 23.8 Å². The van der Waals surface area contributed by atoms with E-state index in [1.807, 2.05) is 0 Å². The van der Waals surface area contributed by atoms with Gasteiger partial charge in [0, 0.05) is 12.2 Å². The first kappa shape index (κ1) is 19.8. The topological polar surface area (TPSA) is 72.8 Å². The quantitative estimate of drug-likeness (QED) is 0.530. The SMILES string of the molecule is O=C1CC(c2ccc(O)cc2)N1c1ccc(F)c(NC[C@H](O)c2ccc(F)cc2)c1. The molecule has 0 aliphatic carbocycles. The predicted octanol–water partition coefficient (Wildman–Crippen LogP) is 4.29. The normalized spacial score (nSPS) is 16.8. The molecule has 0 saturated carbocycles. The first-order valence-electron chi connectivity index (χ1n) is 9.50. The lowest BCUT2D eigenvalue weighted by atomic mass is 9.93. The van der Waals surface area contributed by atoms with E-state index in [-0.39, 0.29) is 29.9 Å². The van der Waals surface area contributed by atoms with Crippen molar-refractivity contribution in [1.29, 1.82) is 0 Å². The fourth-order valence-electron chi connectivity index (χ4n) is 3.51. The van der Waals surface area contributed by atoms with Crippen molar-refractivity contribution in [3.8, 4) is 5.75 Å². The largest absolute Gasteiger partial charge is 0.508 e. The molecule has 5 nitrogen and oxygen atoms in total. The van der Waals surface area contributed by atoms with Crippen molar-refractivity contribution in [2.75, 3.05) is 16.8 Å². The zero-order chi connectivity index (χ0) is 21.3. The second-order valence-electron chi connectivity index (χ2n) is 7.19. The minimum atomic E-state index is -0.955. The molecule has 154 valence electrons. The van der Waals surface area contributed by atoms with Crippen molar-refractivity contribution in [2.24, 2.45) is 0 Å². The van der Waals surface area contributed by atoms with Gasteiger partial charge in [-0.15, -0.1) is 0 Å². The van der Waals surface area contributed by atoms with E-state index in [4.69, 9.17) is 0 Å². The first-order valence-corrected chi connectivity index (χ1v) is 9.50. The number of nitrogens with zero attached hydrogens (tertiary/aromatic N) is 1. The highest BCUT2D eigenvalue weighted by molar-refractivity contribution is 6.01. The molecule has 1 unspecified atom stereocenters. The van der Waals surface area contributed by atoms with Crippen LogP contribution in [0.25, 0.3) is 0 Å². The van der Waals surface area contributed by atoms with Gasteiger partial charge >= 0.3 is 0 Å². The summed E-state index contributed by atoms with van der Waals surface area (Å²) >= 11 is 0. The van der Waals surface area contributed by atoms with Crippen LogP contribution in [-0.4, -0.2) is 22.7 Å². The molecule has 2 atom stereocenters. The molecule has 1 amide bonds. The lowest BCUT2D eigenvalue weighted by Gasteiger charge is -2.41. The smallest absolute Gasteiger partial charge is 0.230 e. The highest BCUT2D eigenvalue weighted by Gasteiger charge is 2.38. The molecule has 1 fully saturated rings. The molecule has 3 N–H and O–H groups in total. The summed E-state index contributed by atoms with van der Waals surface area (Å²) in [6.45, 7) is 0.0152. The van der Waals surface area contributed by atoms with Gasteiger partial charge in [-0.05, 0) is 53.6 Å². The van der Waals surface area contributed by atoms with E-state index in [1.165, 1.54) is 42.5 Å². The Morgan fingerprint density at radius 3 is 2.40 bits per heavy atom. The van der Waals surface area contributed by atoms with Gasteiger partial charge in [0.05, 0.1) is 24.3 Å². The fraction of sp³-hybridized carbons (Fsp3) is 0.174. The number of carbonyl (C=O) groups is 1. The maximum absolute atomic E-state index is 14.3. The van der Waals surface area contributed by atoms with Gasteiger partial charge in [0.25, 0.3) is 0 Å². The number of phenolic OH excluding ortho intramolecular Hbond substituents is 1. The first-order chi connectivity index (χ1) is 14.4. The van der Waals surface area contributed by atoms with Crippen molar-refractivity contribution in [3.05, 3.63) is 89.5 Å². The number of benzene rings is 3. The van der Waals surface area contributed by atoms with Crippen LogP contribution in [0.1, 0.15) is 29.7 Å². The maximum Gasteiger partial charge on any atom is 0.230 e. The average Bonchev–Trinajstić information content (AvgIpc) is 2.73. The second kappa shape index (κ2) is 8.12. The Kier molecular flexibility index (Phi) is 5.37. The van der Waals surface area contributed by atoms with Crippen LogP contribution in [0.15, 0.2) is 66.7 Å². The van der Waals surface area contributed by atoms with E-state index >= 15 is 0 Å². The van der Waals surface area contributed by atoms with Gasteiger partial charge in [0.15, 0.2) is 0 Å². The Labute approximate surface area is 172 Å². The number of aliphatic hydroxyl groups excluding tert-OH is 1. The van der Waals surface area contributed by atoms with Crippen LogP contribution in [0.3, 0.4) is 0 Å². The number of β-lactam (4-membered cyclic amide) rings is 1. The number of phenols is 1. The van der Waals surface area contributed by atoms with Crippen molar-refractivity contribution < 1.29 is 23.8 Å². The molecule has 1 aliphatic heterocycles. The molecule has 7 heteroatoms. The predicted molar refractivity (Wildman–Crippen MR) is 109 cm³/mol. The highest BCUT2D eigenvalue weighted by Crippen LogP contribution is 2.40. The number of halogens is 2. The summed E-state index contributed by atoms with van der Waals surface area (Å²) in [5, 5.41) is 22.6. The fourth-order valence-corrected chi connectivity index (χ4v) is 3.51. The van der Waals surface area contributed by atoms with Crippen LogP contribution in [0.5, 0.6) is 5.75 Å². The van der Waals surface area contributed by atoms with E-state index in [2.05, 4.69) is 5.32 Å². The summed E-state index contributed by atoms with van der Waals surface area (Å²) < 4.78 is 27.3. The summed E-state index contributed by atoms with van der Waals surface area (Å²) in [6.07, 6.45) is -0.627. The Morgan fingerprint density at radius 2 is 1.73 bits per heavy atom. The van der Waals surface area contributed by atoms with Gasteiger partial charge in [-0.2, -0.15) is 0 Å². The molecule has 1 saturated heterocycles. The van der Waals surface area contributed by atoms with Gasteiger partial charge in [-0.25, -0.2) is 8.78 Å². The molecule has 3 aromatic carbocycles. The van der Waals surface area contributed by atoms with Crippen molar-refractivity contribution in [2.45, 2.75) is 18.6 Å². The van der Waals surface area contributed by atoms with Crippen LogP contribution < -0.4 is 10.2 Å². The number of aliphatic hydroxyl groups is 1. The minimum Gasteiger partial charge on any atom is -0.508 e. The molecule has 4 rings (SSSR count). The number of hydrogen-bond acceptors (Lipinski definition) is 4. The molecule has 0 aromatic heterocycles. The van der Waals surface area contributed by atoms with E-state index in [1.54, 1.807) is 29.2 Å². The maximum atomic E-state index is 14.3. The summed E-state index contributed by atoms with van der Waals surface area (Å²) in [7, 11) is 0. The molecule has 0 radical (unpaired) electrons. The molecular weight excluding hydrogens is 390 g/mol. The zero-order valence-electron chi connectivity index (χ0n) is 15.9. The highest BCUT2D eigenvalue weighted by atomic mass is 19.1. The number of anilines is 2. The van der Waals surface area contributed by atoms with Gasteiger partial charge in [-0.3, -0.25) is 4.79 Å². The lowest BCUT2D eigenvalue weighted by molar-refractivity contribution is -0.124. The molecule has 30 heavy (non-hydrogen) atoms. The minimum absolute atomic E-state index is 0.0152. The van der Waals surface area contributed by atoms with E-state index < -0.39 is 17.7 Å². The second-order valence-corrected chi connectivity index (χ2v) is 7.19. The number of nitrogens with one attached hydrogen (secondary N) is 1. The van der Waals surface area contributed by atoms with Crippen LogP contribution in [0.4, 0.5) is 20.2 Å². The van der Waals surface area contributed by atoms with Gasteiger partial charge in [-0.1, -0.05) is 24.3 Å². The molecule has 1 heterocycles. The summed E-state index contributed by atoms with van der Waals surface area (Å²) in [5.74, 6) is -0.861. The summed E-state index contributed by atoms with van der Waals surface area (Å²) in [4.78, 5) is 13.8. The molecule has 1 aliphatic rings. The summed E-state index contributed by atoms with van der Waals surface area (Å²) in [5.41, 5.74) is 2.06. The number of rotatable bonds is 6. The Morgan fingerprint density at radius 1 is 1.03 bits per heavy atom. The van der Waals surface area contributed by atoms with Crippen LogP contribution >= 0.6 is 0 Å². The molecule has 3 aromatic rings. The Hall–Kier alpha value is -3.45. The Balaban J connectivity index is 1.50. The van der Waals surface area contributed by atoms with Crippen molar-refractivity contribution in [3.63, 3.8) is 0 Å². The summed E-state index contributed by atoms with van der Waals surface area (Å²) in [6, 6.07) is 16.2. The van der Waals surface area contributed by atoms with E-state index in [0.717, 1.165) is 5.56 Å². The van der Waals surface area contributed by atoms with Gasteiger partial charge in [0.1, 0.15) is 17.4 Å². The third kappa shape index (κ3) is 3.97. The van der Waals surface area contributed by atoms with Crippen LogP contribution in [0, 0.1) is 11.6 Å². The van der Waals surface area contributed by atoms with Crippen molar-refractivity contribution >= 4 is 17.3 Å². The Bertz CT molecular complexity index is 1060. The standard InChI is InChI=1S/C23H20F2N2O3/c24-16-5-1-15(2-6-16)22(29)13-26-20-11-17(7-10-19(20)25)27-21(12-23(27)30)14-3-8-18(28)9-4-14/h1-11,21-22,26,28-29H,12-13H2/t21?,22-/m0/s1. The molecule has 0 bridgehead atoms. The van der Waals surface area contributed by atoms with Crippen LogP contribution in [-0.2, 0) is 4.79 Å². The van der Waals surface area contributed by atoms with Gasteiger partial charge < -0.3 is 20.4 Å². The zero-order valence-corrected chi connectivity index (χ0v) is 15.9. The monoisotopic (exact) mass is 410 g/mol. The molecular formula is C23H20F2N2O3. The van der Waals surface area contributed by atoms with Gasteiger partial charge in [0.2, 0.25) is 5.91 Å². The number of aromatic hydroxyl groups is 1. The lowest BCUT2D eigenvalue weighted by Crippen LogP contribution is -2.46. The van der Waals surface area contributed by atoms with Crippen LogP contribution in [0.2, 0.25) is 0 Å². The molecule has 0 spiro atoms. The number of hydrogen-bond donors (Lipinski definition) is 3. The van der Waals surface area contributed by atoms with E-state index in [0.29, 0.717) is 17.7 Å². The third-order valence-corrected chi connectivity index (χ3v) is 5.19. The van der Waals surface area contributed by atoms with Crippen molar-refractivity contribution in [1.82, 2.24) is 0 Å².